The third-order valence-corrected chi connectivity index (χ3v) is 13.7. The molecule has 0 aromatic rings. The molecule has 4 saturated carbocycles. The molecule has 39 heavy (non-hydrogen) atoms. The topological polar surface area (TPSA) is 49.8 Å². The van der Waals surface area contributed by atoms with E-state index in [1.807, 2.05) is 0 Å². The van der Waals surface area contributed by atoms with Crippen LogP contribution in [0.25, 0.3) is 0 Å². The van der Waals surface area contributed by atoms with E-state index in [1.54, 1.807) is 6.92 Å². The van der Waals surface area contributed by atoms with Gasteiger partial charge in [0.2, 0.25) is 0 Å². The van der Waals surface area contributed by atoms with Crippen molar-refractivity contribution in [3.63, 3.8) is 0 Å². The molecule has 0 aromatic carbocycles. The summed E-state index contributed by atoms with van der Waals surface area (Å²) in [6, 6.07) is 0.809. The lowest BCUT2D eigenvalue weighted by atomic mass is 9.44. The third kappa shape index (κ3) is 5.18. The Morgan fingerprint density at radius 1 is 0.897 bits per heavy atom. The fraction of sp³-hybridized carbons (Fsp3) is 0.970. The Bertz CT molecular complexity index is 871. The molecule has 2 saturated heterocycles. The Hall–Kier alpha value is -0.170. The van der Waals surface area contributed by atoms with Crippen LogP contribution in [-0.4, -0.2) is 78.0 Å². The van der Waals surface area contributed by atoms with Crippen LogP contribution in [-0.2, 0) is 9.53 Å². The highest BCUT2D eigenvalue weighted by Crippen LogP contribution is 2.67. The van der Waals surface area contributed by atoms with E-state index in [0.29, 0.717) is 29.3 Å². The largest absolute Gasteiger partial charge is 1.00 e. The van der Waals surface area contributed by atoms with Gasteiger partial charge < -0.3 is 31.3 Å². The number of esters is 1. The number of piperidine rings is 1. The number of hydrogen-bond acceptors (Lipinski definition) is 4. The summed E-state index contributed by atoms with van der Waals surface area (Å²) in [6.45, 7) is 11.6. The van der Waals surface area contributed by atoms with E-state index in [2.05, 4.69) is 25.8 Å². The Balaban J connectivity index is 0.00000308. The summed E-state index contributed by atoms with van der Waals surface area (Å²) in [5, 5.41) is 12.0. The molecule has 4 aliphatic carbocycles. The molecule has 1 N–H and O–H groups in total. The summed E-state index contributed by atoms with van der Waals surface area (Å²) in [5.41, 5.74) is 0.414. The van der Waals surface area contributed by atoms with Crippen LogP contribution in [0.2, 0.25) is 0 Å². The molecular formula is C33H57BrN2O3. The van der Waals surface area contributed by atoms with Crippen LogP contribution >= 0.6 is 0 Å². The molecule has 6 rings (SSSR count). The number of quaternary nitrogens is 1. The number of carbonyl (C=O) groups is 1. The molecule has 0 radical (unpaired) electrons. The van der Waals surface area contributed by atoms with Gasteiger partial charge in [0.05, 0.1) is 20.1 Å². The Morgan fingerprint density at radius 2 is 1.56 bits per heavy atom. The van der Waals surface area contributed by atoms with E-state index >= 15 is 0 Å². The van der Waals surface area contributed by atoms with Gasteiger partial charge in [-0.15, -0.1) is 0 Å². The number of fused-ring (bicyclic) bond motifs is 5. The standard InChI is InChI=1S/C33H57N2O3.BrH/c1-23(36)38-30-20-24-12-13-25-26(33(24,3)22-28(30)34-16-8-7-9-17-34)14-15-32(2)27(25)21-29(31(32)37)35(4)18-10-5-6-11-19-35;/h24-31,37H,5-22H2,1-4H3;1H/q+1;/p-1/t24-,25?,26?,27?,28-,29-,30-,31-,32-,33-;/m0./s1. The summed E-state index contributed by atoms with van der Waals surface area (Å²) in [4.78, 5) is 14.8. The monoisotopic (exact) mass is 608 g/mol. The van der Waals surface area contributed by atoms with E-state index in [4.69, 9.17) is 4.74 Å². The minimum absolute atomic E-state index is 0. The highest BCUT2D eigenvalue weighted by molar-refractivity contribution is 5.66. The van der Waals surface area contributed by atoms with Crippen LogP contribution in [0.4, 0.5) is 0 Å². The van der Waals surface area contributed by atoms with Crippen molar-refractivity contribution in [1.29, 1.82) is 0 Å². The highest BCUT2D eigenvalue weighted by Gasteiger charge is 2.66. The van der Waals surface area contributed by atoms with Gasteiger partial charge in [0.25, 0.3) is 0 Å². The number of aliphatic hydroxyl groups excluding tert-OH is 1. The van der Waals surface area contributed by atoms with Gasteiger partial charge in [0, 0.05) is 24.8 Å². The quantitative estimate of drug-likeness (QED) is 0.395. The molecule has 0 spiro atoms. The van der Waals surface area contributed by atoms with Crippen molar-refractivity contribution >= 4 is 5.97 Å². The van der Waals surface area contributed by atoms with Gasteiger partial charge in [0.15, 0.2) is 0 Å². The maximum Gasteiger partial charge on any atom is 0.302 e. The number of likely N-dealkylation sites (tertiary alicyclic amines) is 2. The molecule has 2 aliphatic heterocycles. The second-order valence-electron chi connectivity index (χ2n) is 15.5. The van der Waals surface area contributed by atoms with Crippen LogP contribution in [0.15, 0.2) is 0 Å². The summed E-state index contributed by atoms with van der Waals surface area (Å²) in [5.74, 6) is 2.73. The summed E-state index contributed by atoms with van der Waals surface area (Å²) < 4.78 is 7.19. The Kier molecular flexibility index (Phi) is 8.92. The summed E-state index contributed by atoms with van der Waals surface area (Å²) in [6.07, 6.45) is 17.8. The fourth-order valence-electron chi connectivity index (χ4n) is 11.5. The molecule has 2 heterocycles. The van der Waals surface area contributed by atoms with Gasteiger partial charge in [0.1, 0.15) is 18.2 Å². The molecule has 0 aromatic heterocycles. The van der Waals surface area contributed by atoms with Crippen LogP contribution in [0, 0.1) is 34.5 Å². The fourth-order valence-corrected chi connectivity index (χ4v) is 11.5. The number of nitrogens with zero attached hydrogens (tertiary/aromatic N) is 2. The predicted octanol–water partition coefficient (Wildman–Crippen LogP) is 2.79. The van der Waals surface area contributed by atoms with Crippen molar-refractivity contribution in [2.24, 2.45) is 34.5 Å². The zero-order valence-electron chi connectivity index (χ0n) is 25.4. The first kappa shape index (κ1) is 30.3. The van der Waals surface area contributed by atoms with Crippen LogP contribution < -0.4 is 17.0 Å². The normalized spacial score (nSPS) is 48.0. The van der Waals surface area contributed by atoms with Crippen LogP contribution in [0.5, 0.6) is 0 Å². The smallest absolute Gasteiger partial charge is 0.302 e. The average Bonchev–Trinajstić information content (AvgIpc) is 3.02. The zero-order valence-corrected chi connectivity index (χ0v) is 27.0. The van der Waals surface area contributed by atoms with E-state index in [-0.39, 0.29) is 40.6 Å². The number of ether oxygens (including phenoxy) is 1. The predicted molar refractivity (Wildman–Crippen MR) is 151 cm³/mol. The molecule has 3 unspecified atom stereocenters. The number of rotatable bonds is 3. The Labute approximate surface area is 249 Å². The molecule has 0 bridgehead atoms. The first-order chi connectivity index (χ1) is 18.2. The van der Waals surface area contributed by atoms with Crippen molar-refractivity contribution in [2.45, 2.75) is 135 Å². The van der Waals surface area contributed by atoms with Gasteiger partial charge in [-0.2, -0.15) is 0 Å². The van der Waals surface area contributed by atoms with E-state index in [9.17, 15) is 9.90 Å². The summed E-state index contributed by atoms with van der Waals surface area (Å²) in [7, 11) is 2.48. The molecule has 5 nitrogen and oxygen atoms in total. The van der Waals surface area contributed by atoms with E-state index in [1.165, 1.54) is 110 Å². The van der Waals surface area contributed by atoms with E-state index in [0.717, 1.165) is 22.7 Å². The van der Waals surface area contributed by atoms with Gasteiger partial charge in [-0.05, 0) is 119 Å². The maximum atomic E-state index is 12.1. The number of hydrogen-bond donors (Lipinski definition) is 1. The van der Waals surface area contributed by atoms with Gasteiger partial charge in [-0.25, -0.2) is 0 Å². The number of halogens is 1. The van der Waals surface area contributed by atoms with Crippen LogP contribution in [0.1, 0.15) is 111 Å². The Morgan fingerprint density at radius 3 is 2.23 bits per heavy atom. The lowest BCUT2D eigenvalue weighted by Crippen LogP contribution is -3.00. The zero-order chi connectivity index (χ0) is 26.7. The molecule has 6 fully saturated rings. The number of likely N-dealkylation sites (N-methyl/N-ethyl adjacent to an activating group) is 1. The first-order valence-electron chi connectivity index (χ1n) is 16.6. The minimum atomic E-state index is -0.150. The van der Waals surface area contributed by atoms with Gasteiger partial charge in [-0.3, -0.25) is 9.69 Å². The SMILES string of the molecule is CC(=O)O[C@H]1C[C@@H]2CCC3C4C[C@H]([N+]5(C)CCCCCC5)[C@H](O)[C@@]4(C)CCC3[C@@]2(C)C[C@@H]1N1CCCCC1.[Br-]. The molecule has 224 valence electrons. The van der Waals surface area contributed by atoms with Gasteiger partial charge in [-0.1, -0.05) is 20.3 Å². The van der Waals surface area contributed by atoms with Gasteiger partial charge >= 0.3 is 5.97 Å². The minimum Gasteiger partial charge on any atom is -1.00 e. The van der Waals surface area contributed by atoms with Crippen molar-refractivity contribution < 1.29 is 36.1 Å². The second kappa shape index (κ2) is 11.5. The molecular weight excluding hydrogens is 552 g/mol. The second-order valence-corrected chi connectivity index (χ2v) is 15.5. The van der Waals surface area contributed by atoms with Crippen molar-refractivity contribution in [2.75, 3.05) is 33.2 Å². The first-order valence-corrected chi connectivity index (χ1v) is 16.6. The maximum absolute atomic E-state index is 12.1. The molecule has 6 heteroatoms. The third-order valence-electron chi connectivity index (χ3n) is 13.7. The van der Waals surface area contributed by atoms with Crippen LogP contribution in [0.3, 0.4) is 0 Å². The lowest BCUT2D eigenvalue weighted by Gasteiger charge is -2.62. The van der Waals surface area contributed by atoms with E-state index < -0.39 is 0 Å². The van der Waals surface area contributed by atoms with Crippen molar-refractivity contribution in [1.82, 2.24) is 4.90 Å². The molecule has 10 atom stereocenters. The average molecular weight is 610 g/mol. The molecule has 6 aliphatic rings. The van der Waals surface area contributed by atoms with Crippen molar-refractivity contribution in [3.8, 4) is 0 Å². The molecule has 0 amide bonds. The van der Waals surface area contributed by atoms with Crippen molar-refractivity contribution in [3.05, 3.63) is 0 Å². The summed E-state index contributed by atoms with van der Waals surface area (Å²) >= 11 is 0. The highest BCUT2D eigenvalue weighted by atomic mass is 79.9. The number of aliphatic hydroxyl groups is 1. The number of carbonyl (C=O) groups excluding carboxylic acids is 1. The lowest BCUT2D eigenvalue weighted by molar-refractivity contribution is -0.935.